The predicted octanol–water partition coefficient (Wildman–Crippen LogP) is 2.83. The highest BCUT2D eigenvalue weighted by atomic mass is 16.5. The molecule has 0 aromatic heterocycles. The van der Waals surface area contributed by atoms with E-state index >= 15 is 0 Å². The summed E-state index contributed by atoms with van der Waals surface area (Å²) in [7, 11) is 1.74. The van der Waals surface area contributed by atoms with Crippen LogP contribution in [0.5, 0.6) is 0 Å². The van der Waals surface area contributed by atoms with Gasteiger partial charge in [-0.1, -0.05) is 38.8 Å². The Bertz CT molecular complexity index is 559. The molecular formula is C18H26N2O3. The molecule has 0 radical (unpaired) electrons. The highest BCUT2D eigenvalue weighted by Gasteiger charge is 2.28. The monoisotopic (exact) mass is 318 g/mol. The average molecular weight is 318 g/mol. The predicted molar refractivity (Wildman–Crippen MR) is 90.4 cm³/mol. The number of hydrogen-bond acceptors (Lipinski definition) is 4. The highest BCUT2D eigenvalue weighted by molar-refractivity contribution is 5.96. The summed E-state index contributed by atoms with van der Waals surface area (Å²) in [4.78, 5) is 24.1. The second-order valence-electron chi connectivity index (χ2n) is 6.31. The summed E-state index contributed by atoms with van der Waals surface area (Å²) in [6, 6.07) is 7.25. The second-order valence-corrected chi connectivity index (χ2v) is 6.31. The fourth-order valence-corrected chi connectivity index (χ4v) is 3.12. The Morgan fingerprint density at radius 2 is 1.96 bits per heavy atom. The van der Waals surface area contributed by atoms with Crippen molar-refractivity contribution in [1.29, 1.82) is 0 Å². The number of esters is 1. The Hall–Kier alpha value is -2.04. The molecular weight excluding hydrogens is 292 g/mol. The minimum absolute atomic E-state index is 0.176. The Morgan fingerprint density at radius 3 is 2.70 bits per heavy atom. The summed E-state index contributed by atoms with van der Waals surface area (Å²) in [5, 5.41) is 5.94. The average Bonchev–Trinajstić information content (AvgIpc) is 2.56. The molecule has 3 atom stereocenters. The molecule has 0 unspecified atom stereocenters. The Balaban J connectivity index is 1.85. The number of carbonyl (C=O) groups is 2. The van der Waals surface area contributed by atoms with Gasteiger partial charge in [-0.15, -0.1) is 0 Å². The number of hydrogen-bond donors (Lipinski definition) is 2. The fraction of sp³-hybridized carbons (Fsp3) is 0.556. The van der Waals surface area contributed by atoms with Gasteiger partial charge in [0, 0.05) is 18.8 Å². The van der Waals surface area contributed by atoms with Gasteiger partial charge in [-0.3, -0.25) is 4.79 Å². The SMILES string of the molecule is CNc1ccccc1C(=O)OCC(=O)N[C@H]1CCC[C@H](C)[C@H]1C. The van der Waals surface area contributed by atoms with Crippen LogP contribution in [0.4, 0.5) is 5.69 Å². The smallest absolute Gasteiger partial charge is 0.340 e. The van der Waals surface area contributed by atoms with Crippen molar-refractivity contribution in [2.45, 2.75) is 39.2 Å². The normalized spacial score (nSPS) is 23.9. The first-order valence-electron chi connectivity index (χ1n) is 8.26. The van der Waals surface area contributed by atoms with E-state index in [0.29, 0.717) is 23.1 Å². The fourth-order valence-electron chi connectivity index (χ4n) is 3.12. The lowest BCUT2D eigenvalue weighted by Gasteiger charge is -2.34. The number of benzene rings is 1. The van der Waals surface area contributed by atoms with Gasteiger partial charge in [-0.25, -0.2) is 4.79 Å². The van der Waals surface area contributed by atoms with E-state index in [1.54, 1.807) is 25.2 Å². The van der Waals surface area contributed by atoms with Crippen molar-refractivity contribution in [3.05, 3.63) is 29.8 Å². The molecule has 1 aromatic carbocycles. The summed E-state index contributed by atoms with van der Waals surface area (Å²) in [6.45, 7) is 4.15. The first kappa shape index (κ1) is 17.3. The van der Waals surface area contributed by atoms with E-state index < -0.39 is 5.97 Å². The molecule has 5 heteroatoms. The van der Waals surface area contributed by atoms with E-state index in [1.807, 2.05) is 6.07 Å². The number of anilines is 1. The van der Waals surface area contributed by atoms with Crippen molar-refractivity contribution in [3.8, 4) is 0 Å². The molecule has 0 bridgehead atoms. The molecule has 5 nitrogen and oxygen atoms in total. The van der Waals surface area contributed by atoms with Crippen LogP contribution in [0.1, 0.15) is 43.5 Å². The number of para-hydroxylation sites is 1. The summed E-state index contributed by atoms with van der Waals surface area (Å²) in [6.07, 6.45) is 3.34. The van der Waals surface area contributed by atoms with Gasteiger partial charge >= 0.3 is 5.97 Å². The molecule has 0 heterocycles. The topological polar surface area (TPSA) is 67.4 Å². The van der Waals surface area contributed by atoms with Crippen LogP contribution >= 0.6 is 0 Å². The first-order chi connectivity index (χ1) is 11.0. The zero-order valence-corrected chi connectivity index (χ0v) is 14.1. The van der Waals surface area contributed by atoms with E-state index in [4.69, 9.17) is 4.74 Å². The van der Waals surface area contributed by atoms with E-state index in [1.165, 1.54) is 6.42 Å². The van der Waals surface area contributed by atoms with Gasteiger partial charge in [0.1, 0.15) is 0 Å². The Labute approximate surface area is 137 Å². The van der Waals surface area contributed by atoms with Crippen LogP contribution < -0.4 is 10.6 Å². The van der Waals surface area contributed by atoms with Gasteiger partial charge in [-0.05, 0) is 30.4 Å². The van der Waals surface area contributed by atoms with Crippen molar-refractivity contribution in [2.24, 2.45) is 11.8 Å². The lowest BCUT2D eigenvalue weighted by molar-refractivity contribution is -0.125. The molecule has 1 saturated carbocycles. The number of rotatable bonds is 5. The molecule has 1 aliphatic rings. The van der Waals surface area contributed by atoms with Crippen LogP contribution in [0, 0.1) is 11.8 Å². The minimum Gasteiger partial charge on any atom is -0.452 e. The van der Waals surface area contributed by atoms with Gasteiger partial charge in [-0.2, -0.15) is 0 Å². The first-order valence-corrected chi connectivity index (χ1v) is 8.26. The molecule has 1 aliphatic carbocycles. The van der Waals surface area contributed by atoms with Gasteiger partial charge in [0.15, 0.2) is 6.61 Å². The summed E-state index contributed by atoms with van der Waals surface area (Å²) in [5.41, 5.74) is 1.12. The number of nitrogens with one attached hydrogen (secondary N) is 2. The minimum atomic E-state index is -0.491. The summed E-state index contributed by atoms with van der Waals surface area (Å²) >= 11 is 0. The zero-order chi connectivity index (χ0) is 16.8. The molecule has 126 valence electrons. The molecule has 2 N–H and O–H groups in total. The van der Waals surface area contributed by atoms with Crippen molar-refractivity contribution in [1.82, 2.24) is 5.32 Å². The van der Waals surface area contributed by atoms with Crippen molar-refractivity contribution in [3.63, 3.8) is 0 Å². The van der Waals surface area contributed by atoms with E-state index in [2.05, 4.69) is 24.5 Å². The van der Waals surface area contributed by atoms with Gasteiger partial charge in [0.05, 0.1) is 5.56 Å². The van der Waals surface area contributed by atoms with Gasteiger partial charge in [0.2, 0.25) is 0 Å². The third-order valence-corrected chi connectivity index (χ3v) is 4.80. The maximum Gasteiger partial charge on any atom is 0.340 e. The quantitative estimate of drug-likeness (QED) is 0.819. The van der Waals surface area contributed by atoms with Crippen LogP contribution in [-0.2, 0) is 9.53 Å². The number of carbonyl (C=O) groups excluding carboxylic acids is 2. The number of ether oxygens (including phenoxy) is 1. The second kappa shape index (κ2) is 7.99. The Kier molecular flexibility index (Phi) is 6.02. The van der Waals surface area contributed by atoms with E-state index in [9.17, 15) is 9.59 Å². The van der Waals surface area contributed by atoms with Gasteiger partial charge in [0.25, 0.3) is 5.91 Å². The van der Waals surface area contributed by atoms with Crippen LogP contribution in [0.15, 0.2) is 24.3 Å². The maximum atomic E-state index is 12.1. The van der Waals surface area contributed by atoms with E-state index in [0.717, 1.165) is 12.8 Å². The lowest BCUT2D eigenvalue weighted by Crippen LogP contribution is -2.45. The van der Waals surface area contributed by atoms with Crippen molar-refractivity contribution >= 4 is 17.6 Å². The standard InChI is InChI=1S/C18H26N2O3/c1-12-7-6-10-15(13(12)2)20-17(21)11-23-18(22)14-8-4-5-9-16(14)19-3/h4-5,8-9,12-13,15,19H,6-7,10-11H2,1-3H3,(H,20,21)/t12-,13+,15-/m0/s1. The van der Waals surface area contributed by atoms with Crippen LogP contribution in [0.2, 0.25) is 0 Å². The Morgan fingerprint density at radius 1 is 1.22 bits per heavy atom. The molecule has 1 amide bonds. The third kappa shape index (κ3) is 4.47. The highest BCUT2D eigenvalue weighted by Crippen LogP contribution is 2.29. The molecule has 0 saturated heterocycles. The zero-order valence-electron chi connectivity index (χ0n) is 14.1. The van der Waals surface area contributed by atoms with E-state index in [-0.39, 0.29) is 18.6 Å². The molecule has 2 rings (SSSR count). The van der Waals surface area contributed by atoms with Gasteiger partial charge < -0.3 is 15.4 Å². The lowest BCUT2D eigenvalue weighted by atomic mass is 9.78. The third-order valence-electron chi connectivity index (χ3n) is 4.80. The molecule has 23 heavy (non-hydrogen) atoms. The molecule has 0 aliphatic heterocycles. The maximum absolute atomic E-state index is 12.1. The molecule has 1 fully saturated rings. The largest absolute Gasteiger partial charge is 0.452 e. The number of amides is 1. The molecule has 1 aromatic rings. The summed E-state index contributed by atoms with van der Waals surface area (Å²) < 4.78 is 5.15. The molecule has 0 spiro atoms. The van der Waals surface area contributed by atoms with Crippen LogP contribution in [0.3, 0.4) is 0 Å². The van der Waals surface area contributed by atoms with Crippen molar-refractivity contribution in [2.75, 3.05) is 19.0 Å². The van der Waals surface area contributed by atoms with Crippen LogP contribution in [0.25, 0.3) is 0 Å². The summed E-state index contributed by atoms with van der Waals surface area (Å²) in [5.74, 6) is 0.342. The van der Waals surface area contributed by atoms with Crippen LogP contribution in [-0.4, -0.2) is 31.6 Å². The van der Waals surface area contributed by atoms with Crippen molar-refractivity contribution < 1.29 is 14.3 Å².